The molecule has 0 radical (unpaired) electrons. The van der Waals surface area contributed by atoms with Crippen LogP contribution in [0.2, 0.25) is 0 Å². The van der Waals surface area contributed by atoms with Crippen molar-refractivity contribution in [2.24, 2.45) is 10.4 Å². The van der Waals surface area contributed by atoms with Crippen LogP contribution in [0.1, 0.15) is 31.1 Å². The molecule has 0 bridgehead atoms. The minimum Gasteiger partial charge on any atom is -0.382 e. The van der Waals surface area contributed by atoms with Gasteiger partial charge in [-0.25, -0.2) is 0 Å². The van der Waals surface area contributed by atoms with E-state index in [1.165, 1.54) is 17.7 Å². The highest BCUT2D eigenvalue weighted by Crippen LogP contribution is 2.48. The first kappa shape index (κ1) is 16.3. The number of guanidine groups is 1. The van der Waals surface area contributed by atoms with E-state index >= 15 is 0 Å². The van der Waals surface area contributed by atoms with Crippen LogP contribution in [0.4, 0.5) is 0 Å². The zero-order chi connectivity index (χ0) is 15.0. The lowest BCUT2D eigenvalue weighted by Gasteiger charge is -2.18. The van der Waals surface area contributed by atoms with E-state index < -0.39 is 0 Å². The van der Waals surface area contributed by atoms with Gasteiger partial charge in [0, 0.05) is 38.2 Å². The minimum absolute atomic E-state index is 0.445. The summed E-state index contributed by atoms with van der Waals surface area (Å²) in [6.07, 6.45) is 4.81. The standard InChI is InChI=1S/C16H27N3OS/c1-3-20-11-9-16(7-8-16)13-19-15(17-2)18-10-6-14-5-4-12-21-14/h4-5,12H,3,6-11,13H2,1-2H3,(H2,17,18,19). The van der Waals surface area contributed by atoms with Crippen molar-refractivity contribution < 1.29 is 4.74 Å². The Kier molecular flexibility index (Phi) is 6.51. The summed E-state index contributed by atoms with van der Waals surface area (Å²) in [5.74, 6) is 0.911. The summed E-state index contributed by atoms with van der Waals surface area (Å²) >= 11 is 1.81. The Bertz CT molecular complexity index is 427. The highest BCUT2D eigenvalue weighted by molar-refractivity contribution is 7.09. The van der Waals surface area contributed by atoms with Crippen LogP contribution in [0, 0.1) is 5.41 Å². The number of nitrogens with one attached hydrogen (secondary N) is 2. The predicted octanol–water partition coefficient (Wildman–Crippen LogP) is 2.66. The largest absolute Gasteiger partial charge is 0.382 e. The Morgan fingerprint density at radius 1 is 1.43 bits per heavy atom. The highest BCUT2D eigenvalue weighted by Gasteiger charge is 2.41. The first-order valence-electron chi connectivity index (χ1n) is 7.83. The van der Waals surface area contributed by atoms with E-state index in [1.54, 1.807) is 11.3 Å². The van der Waals surface area contributed by atoms with Crippen molar-refractivity contribution in [3.8, 4) is 0 Å². The van der Waals surface area contributed by atoms with Gasteiger partial charge in [0.1, 0.15) is 0 Å². The van der Waals surface area contributed by atoms with Gasteiger partial charge in [-0.1, -0.05) is 6.07 Å². The number of hydrogen-bond acceptors (Lipinski definition) is 3. The summed E-state index contributed by atoms with van der Waals surface area (Å²) in [7, 11) is 1.83. The second kappa shape index (κ2) is 8.39. The molecule has 0 aromatic carbocycles. The number of ether oxygens (including phenoxy) is 1. The first-order valence-corrected chi connectivity index (χ1v) is 8.70. The van der Waals surface area contributed by atoms with Crippen molar-refractivity contribution in [2.45, 2.75) is 32.6 Å². The van der Waals surface area contributed by atoms with Gasteiger partial charge in [-0.05, 0) is 49.5 Å². The molecule has 1 saturated carbocycles. The second-order valence-electron chi connectivity index (χ2n) is 5.63. The normalized spacial score (nSPS) is 16.8. The highest BCUT2D eigenvalue weighted by atomic mass is 32.1. The predicted molar refractivity (Wildman–Crippen MR) is 90.2 cm³/mol. The van der Waals surface area contributed by atoms with E-state index in [9.17, 15) is 0 Å². The Morgan fingerprint density at radius 2 is 2.29 bits per heavy atom. The first-order chi connectivity index (χ1) is 10.3. The zero-order valence-corrected chi connectivity index (χ0v) is 14.0. The van der Waals surface area contributed by atoms with Gasteiger partial charge in [-0.15, -0.1) is 11.3 Å². The molecular formula is C16H27N3OS. The molecule has 1 aliphatic rings. The van der Waals surface area contributed by atoms with E-state index in [4.69, 9.17) is 4.74 Å². The third kappa shape index (κ3) is 5.67. The number of hydrogen-bond donors (Lipinski definition) is 2. The Labute approximate surface area is 132 Å². The summed E-state index contributed by atoms with van der Waals surface area (Å²) in [5, 5.41) is 8.98. The van der Waals surface area contributed by atoms with Crippen LogP contribution in [-0.4, -0.2) is 39.3 Å². The van der Waals surface area contributed by atoms with Gasteiger partial charge in [0.15, 0.2) is 5.96 Å². The van der Waals surface area contributed by atoms with Crippen LogP contribution in [0.15, 0.2) is 22.5 Å². The lowest BCUT2D eigenvalue weighted by atomic mass is 10.0. The quantitative estimate of drug-likeness (QED) is 0.419. The molecule has 1 heterocycles. The third-order valence-corrected chi connectivity index (χ3v) is 4.97. The van der Waals surface area contributed by atoms with Crippen LogP contribution in [-0.2, 0) is 11.2 Å². The van der Waals surface area contributed by atoms with E-state index in [0.29, 0.717) is 5.41 Å². The van der Waals surface area contributed by atoms with Crippen molar-refractivity contribution in [3.05, 3.63) is 22.4 Å². The SMILES string of the molecule is CCOCCC1(CNC(=NC)NCCc2cccs2)CC1. The van der Waals surface area contributed by atoms with Gasteiger partial charge in [0.2, 0.25) is 0 Å². The monoisotopic (exact) mass is 309 g/mol. The third-order valence-electron chi connectivity index (χ3n) is 4.04. The number of aliphatic imine (C=N–C) groups is 1. The van der Waals surface area contributed by atoms with Gasteiger partial charge in [0.05, 0.1) is 0 Å². The van der Waals surface area contributed by atoms with Gasteiger partial charge in [-0.3, -0.25) is 4.99 Å². The molecule has 0 spiro atoms. The fourth-order valence-electron chi connectivity index (χ4n) is 2.38. The van der Waals surface area contributed by atoms with Crippen LogP contribution in [0.5, 0.6) is 0 Å². The van der Waals surface area contributed by atoms with E-state index in [1.807, 2.05) is 7.05 Å². The Hall–Kier alpha value is -1.07. The summed E-state index contributed by atoms with van der Waals surface area (Å²) in [5.41, 5.74) is 0.445. The molecule has 1 aliphatic carbocycles. The van der Waals surface area contributed by atoms with Crippen LogP contribution >= 0.6 is 11.3 Å². The Morgan fingerprint density at radius 3 is 2.90 bits per heavy atom. The smallest absolute Gasteiger partial charge is 0.191 e. The molecule has 2 rings (SSSR count). The lowest BCUT2D eigenvalue weighted by Crippen LogP contribution is -2.41. The molecule has 4 nitrogen and oxygen atoms in total. The van der Waals surface area contributed by atoms with Gasteiger partial charge < -0.3 is 15.4 Å². The topological polar surface area (TPSA) is 45.6 Å². The van der Waals surface area contributed by atoms with Crippen molar-refractivity contribution in [2.75, 3.05) is 33.4 Å². The number of rotatable bonds is 9. The molecule has 5 heteroatoms. The molecular weight excluding hydrogens is 282 g/mol. The number of thiophene rings is 1. The molecule has 0 saturated heterocycles. The van der Waals surface area contributed by atoms with Crippen LogP contribution < -0.4 is 10.6 Å². The number of nitrogens with zero attached hydrogens (tertiary/aromatic N) is 1. The Balaban J connectivity index is 1.63. The molecule has 0 amide bonds. The molecule has 0 atom stereocenters. The van der Waals surface area contributed by atoms with Gasteiger partial charge in [0.25, 0.3) is 0 Å². The fraction of sp³-hybridized carbons (Fsp3) is 0.688. The van der Waals surface area contributed by atoms with Gasteiger partial charge >= 0.3 is 0 Å². The zero-order valence-electron chi connectivity index (χ0n) is 13.2. The maximum atomic E-state index is 5.48. The van der Waals surface area contributed by atoms with Crippen molar-refractivity contribution >= 4 is 17.3 Å². The molecule has 1 aromatic heterocycles. The van der Waals surface area contributed by atoms with E-state index in [-0.39, 0.29) is 0 Å². The summed E-state index contributed by atoms with van der Waals surface area (Å²) in [4.78, 5) is 5.71. The van der Waals surface area contributed by atoms with E-state index in [2.05, 4.69) is 40.1 Å². The van der Waals surface area contributed by atoms with Crippen molar-refractivity contribution in [1.29, 1.82) is 0 Å². The molecule has 1 aromatic rings. The van der Waals surface area contributed by atoms with Crippen molar-refractivity contribution in [1.82, 2.24) is 10.6 Å². The van der Waals surface area contributed by atoms with Crippen LogP contribution in [0.3, 0.4) is 0 Å². The summed E-state index contributed by atoms with van der Waals surface area (Å²) in [6.45, 7) is 5.67. The van der Waals surface area contributed by atoms with Crippen molar-refractivity contribution in [3.63, 3.8) is 0 Å². The summed E-state index contributed by atoms with van der Waals surface area (Å²) < 4.78 is 5.48. The molecule has 0 unspecified atom stereocenters. The van der Waals surface area contributed by atoms with Gasteiger partial charge in [-0.2, -0.15) is 0 Å². The molecule has 21 heavy (non-hydrogen) atoms. The maximum Gasteiger partial charge on any atom is 0.191 e. The fourth-order valence-corrected chi connectivity index (χ4v) is 3.08. The van der Waals surface area contributed by atoms with Crippen LogP contribution in [0.25, 0.3) is 0 Å². The lowest BCUT2D eigenvalue weighted by molar-refractivity contribution is 0.128. The molecule has 0 aliphatic heterocycles. The summed E-state index contributed by atoms with van der Waals surface area (Å²) in [6, 6.07) is 4.28. The average molecular weight is 309 g/mol. The maximum absolute atomic E-state index is 5.48. The molecule has 118 valence electrons. The second-order valence-corrected chi connectivity index (χ2v) is 6.66. The molecule has 2 N–H and O–H groups in total. The molecule has 1 fully saturated rings. The minimum atomic E-state index is 0.445. The average Bonchev–Trinajstić information content (AvgIpc) is 3.07. The van der Waals surface area contributed by atoms with E-state index in [0.717, 1.165) is 45.1 Å².